The lowest BCUT2D eigenvalue weighted by Crippen LogP contribution is -2.34. The first kappa shape index (κ1) is 17.7. The van der Waals surface area contributed by atoms with Crippen molar-refractivity contribution in [2.24, 2.45) is 0 Å². The Morgan fingerprint density at radius 1 is 1.33 bits per heavy atom. The van der Waals surface area contributed by atoms with E-state index < -0.39 is 34.8 Å². The molecule has 0 saturated heterocycles. The van der Waals surface area contributed by atoms with E-state index in [9.17, 15) is 32.5 Å². The minimum Gasteiger partial charge on any atom is -0.421 e. The maximum Gasteiger partial charge on any atom is 0.461 e. The fourth-order valence-electron chi connectivity index (χ4n) is 2.08. The minimum atomic E-state index is -4.88. The van der Waals surface area contributed by atoms with Crippen molar-refractivity contribution in [3.63, 3.8) is 0 Å². The van der Waals surface area contributed by atoms with Crippen molar-refractivity contribution in [1.29, 1.82) is 0 Å². The van der Waals surface area contributed by atoms with Gasteiger partial charge in [0.15, 0.2) is 0 Å². The second-order valence-electron chi connectivity index (χ2n) is 4.92. The zero-order chi connectivity index (χ0) is 17.9. The first-order valence-corrected chi connectivity index (χ1v) is 6.80. The number of hydrogen-bond acceptors (Lipinski definition) is 4. The largest absolute Gasteiger partial charge is 0.461 e. The number of carbonyl (C=O) groups is 1. The summed E-state index contributed by atoms with van der Waals surface area (Å²) in [5, 5.41) is 11.0. The molecule has 0 radical (unpaired) electrons. The molecule has 1 aliphatic rings. The molecule has 24 heavy (non-hydrogen) atoms. The normalized spacial score (nSPS) is 14.8. The van der Waals surface area contributed by atoms with Crippen LogP contribution in [0.5, 0.6) is 5.75 Å². The predicted octanol–water partition coefficient (Wildman–Crippen LogP) is 3.23. The summed E-state index contributed by atoms with van der Waals surface area (Å²) >= 11 is 0. The molecule has 0 bridgehead atoms. The summed E-state index contributed by atoms with van der Waals surface area (Å²) in [5.74, 6) is -1.57. The molecule has 1 aromatic carbocycles. The van der Waals surface area contributed by atoms with Crippen LogP contribution in [0, 0.1) is 10.1 Å². The van der Waals surface area contributed by atoms with Gasteiger partial charge in [-0.1, -0.05) is 12.2 Å². The molecule has 130 valence electrons. The third-order valence-electron chi connectivity index (χ3n) is 3.25. The van der Waals surface area contributed by atoms with E-state index >= 15 is 0 Å². The van der Waals surface area contributed by atoms with E-state index in [1.54, 1.807) is 6.08 Å². The third-order valence-corrected chi connectivity index (χ3v) is 3.25. The molecule has 0 aliphatic carbocycles. The number of nitro groups is 1. The summed E-state index contributed by atoms with van der Waals surface area (Å²) in [6.45, 7) is 0.721. The molecule has 0 aromatic heterocycles. The molecule has 1 heterocycles. The number of benzene rings is 1. The Hall–Kier alpha value is -2.65. The minimum absolute atomic E-state index is 0.121. The molecular weight excluding hydrogens is 336 g/mol. The summed E-state index contributed by atoms with van der Waals surface area (Å²) in [7, 11) is 0. The van der Waals surface area contributed by atoms with Crippen LogP contribution < -0.4 is 4.74 Å². The van der Waals surface area contributed by atoms with Crippen LogP contribution in [-0.4, -0.2) is 41.4 Å². The van der Waals surface area contributed by atoms with Gasteiger partial charge in [-0.15, -0.1) is 0 Å². The number of halogens is 4. The molecule has 6 nitrogen and oxygen atoms in total. The van der Waals surface area contributed by atoms with Crippen LogP contribution in [-0.2, 0) is 0 Å². The van der Waals surface area contributed by atoms with Gasteiger partial charge in [0.1, 0.15) is 0 Å². The second kappa shape index (κ2) is 6.85. The molecule has 1 amide bonds. The zero-order valence-corrected chi connectivity index (χ0v) is 12.1. The first-order valence-electron chi connectivity index (χ1n) is 6.80. The highest BCUT2D eigenvalue weighted by Crippen LogP contribution is 2.34. The molecule has 0 unspecified atom stereocenters. The maximum absolute atomic E-state index is 12.9. The van der Waals surface area contributed by atoms with Gasteiger partial charge in [0, 0.05) is 24.7 Å². The number of amides is 1. The number of rotatable bonds is 5. The molecule has 10 heteroatoms. The Morgan fingerprint density at radius 3 is 2.58 bits per heavy atom. The molecule has 1 aromatic rings. The highest BCUT2D eigenvalue weighted by Gasteiger charge is 2.45. The Balaban J connectivity index is 2.31. The van der Waals surface area contributed by atoms with Crippen LogP contribution >= 0.6 is 0 Å². The lowest BCUT2D eigenvalue weighted by molar-refractivity contribution is -0.387. The van der Waals surface area contributed by atoms with Gasteiger partial charge in [-0.05, 0) is 18.6 Å². The smallest absolute Gasteiger partial charge is 0.421 e. The van der Waals surface area contributed by atoms with Crippen LogP contribution in [0.3, 0.4) is 0 Å². The number of nitro benzene ring substituents is 1. The average molecular weight is 348 g/mol. The van der Waals surface area contributed by atoms with E-state index in [4.69, 9.17) is 0 Å². The highest BCUT2D eigenvalue weighted by atomic mass is 19.3. The van der Waals surface area contributed by atoms with E-state index in [1.807, 2.05) is 6.08 Å². The summed E-state index contributed by atoms with van der Waals surface area (Å²) < 4.78 is 54.0. The molecule has 0 spiro atoms. The standard InChI is InChI=1S/C14H12F4N2O4/c15-13(16)14(17,18)24-11-5-4-9(8-10(11)20(22)23)12(21)19-6-2-1-3-7-19/h1-2,4-5,8,13H,3,6-7H2. The third kappa shape index (κ3) is 3.81. The summed E-state index contributed by atoms with van der Waals surface area (Å²) in [4.78, 5) is 23.6. The monoisotopic (exact) mass is 348 g/mol. The fourth-order valence-corrected chi connectivity index (χ4v) is 2.08. The van der Waals surface area contributed by atoms with Crippen molar-refractivity contribution in [2.45, 2.75) is 19.0 Å². The molecule has 0 atom stereocenters. The van der Waals surface area contributed by atoms with Crippen molar-refractivity contribution in [2.75, 3.05) is 13.1 Å². The molecule has 1 aliphatic heterocycles. The predicted molar refractivity (Wildman–Crippen MR) is 74.3 cm³/mol. The summed E-state index contributed by atoms with van der Waals surface area (Å²) in [5.41, 5.74) is -1.11. The maximum atomic E-state index is 12.9. The van der Waals surface area contributed by atoms with Crippen LogP contribution in [0.1, 0.15) is 16.8 Å². The van der Waals surface area contributed by atoms with E-state index in [1.165, 1.54) is 4.90 Å². The van der Waals surface area contributed by atoms with Gasteiger partial charge in [0.2, 0.25) is 5.75 Å². The highest BCUT2D eigenvalue weighted by molar-refractivity contribution is 5.95. The van der Waals surface area contributed by atoms with E-state index in [-0.39, 0.29) is 5.56 Å². The Bertz CT molecular complexity index is 679. The number of alkyl halides is 4. The van der Waals surface area contributed by atoms with Crippen molar-refractivity contribution in [3.8, 4) is 5.75 Å². The molecule has 0 fully saturated rings. The molecule has 0 N–H and O–H groups in total. The van der Waals surface area contributed by atoms with Crippen molar-refractivity contribution in [3.05, 3.63) is 46.0 Å². The molecule has 2 rings (SSSR count). The van der Waals surface area contributed by atoms with Gasteiger partial charge in [-0.3, -0.25) is 14.9 Å². The number of ether oxygens (including phenoxy) is 1. The van der Waals surface area contributed by atoms with E-state index in [2.05, 4.69) is 4.74 Å². The topological polar surface area (TPSA) is 72.7 Å². The number of nitrogens with zero attached hydrogens (tertiary/aromatic N) is 2. The van der Waals surface area contributed by atoms with E-state index in [0.717, 1.165) is 12.1 Å². The second-order valence-corrected chi connectivity index (χ2v) is 4.92. The zero-order valence-electron chi connectivity index (χ0n) is 12.1. The van der Waals surface area contributed by atoms with Crippen LogP contribution in [0.15, 0.2) is 30.4 Å². The average Bonchev–Trinajstić information content (AvgIpc) is 2.54. The van der Waals surface area contributed by atoms with Crippen LogP contribution in [0.4, 0.5) is 23.2 Å². The van der Waals surface area contributed by atoms with Gasteiger partial charge in [-0.25, -0.2) is 0 Å². The Labute approximate surface area is 133 Å². The molecular formula is C14H12F4N2O4. The lowest BCUT2D eigenvalue weighted by Gasteiger charge is -2.23. The Kier molecular flexibility index (Phi) is 5.05. The SMILES string of the molecule is O=C(c1ccc(OC(F)(F)C(F)F)c([N+](=O)[O-])c1)N1CC=CCC1. The van der Waals surface area contributed by atoms with Gasteiger partial charge in [0.05, 0.1) is 4.92 Å². The van der Waals surface area contributed by atoms with Crippen LogP contribution in [0.25, 0.3) is 0 Å². The Morgan fingerprint density at radius 2 is 2.04 bits per heavy atom. The first-order chi connectivity index (χ1) is 11.2. The van der Waals surface area contributed by atoms with Crippen molar-refractivity contribution < 1.29 is 32.0 Å². The van der Waals surface area contributed by atoms with Crippen molar-refractivity contribution in [1.82, 2.24) is 4.90 Å². The number of hydrogen-bond donors (Lipinski definition) is 0. The number of carbonyl (C=O) groups excluding carboxylic acids is 1. The molecule has 0 saturated carbocycles. The van der Waals surface area contributed by atoms with E-state index in [0.29, 0.717) is 25.6 Å². The van der Waals surface area contributed by atoms with Gasteiger partial charge < -0.3 is 9.64 Å². The van der Waals surface area contributed by atoms with Gasteiger partial charge in [0.25, 0.3) is 5.91 Å². The van der Waals surface area contributed by atoms with Gasteiger partial charge >= 0.3 is 18.2 Å². The summed E-state index contributed by atoms with van der Waals surface area (Å²) in [6.07, 6.45) is -4.80. The lowest BCUT2D eigenvalue weighted by atomic mass is 10.1. The quantitative estimate of drug-likeness (QED) is 0.354. The summed E-state index contributed by atoms with van der Waals surface area (Å²) in [6, 6.07) is 2.46. The fraction of sp³-hybridized carbons (Fsp3) is 0.357. The van der Waals surface area contributed by atoms with Crippen molar-refractivity contribution >= 4 is 11.6 Å². The van der Waals surface area contributed by atoms with Gasteiger partial charge in [-0.2, -0.15) is 17.6 Å². The van der Waals surface area contributed by atoms with Crippen LogP contribution in [0.2, 0.25) is 0 Å².